The van der Waals surface area contributed by atoms with Crippen molar-refractivity contribution in [3.63, 3.8) is 0 Å². The minimum absolute atomic E-state index is 0.275. The maximum absolute atomic E-state index is 11.0. The molecule has 0 bridgehead atoms. The van der Waals surface area contributed by atoms with Gasteiger partial charge in [0.15, 0.2) is 0 Å². The molecule has 0 radical (unpaired) electrons. The Balaban J connectivity index is 2.82. The van der Waals surface area contributed by atoms with Crippen LogP contribution in [0.4, 0.5) is 0 Å². The van der Waals surface area contributed by atoms with Crippen LogP contribution >= 0.6 is 0 Å². The predicted molar refractivity (Wildman–Crippen MR) is 62.9 cm³/mol. The highest BCUT2D eigenvalue weighted by atomic mass is 16.5. The number of hydrogen-bond acceptors (Lipinski definition) is 3. The number of rotatable bonds is 3. The summed E-state index contributed by atoms with van der Waals surface area (Å²) in [5, 5.41) is 0. The number of hydrogen-bond donors (Lipinski definition) is 1. The van der Waals surface area contributed by atoms with Gasteiger partial charge in [0.05, 0.1) is 7.11 Å². The van der Waals surface area contributed by atoms with Crippen LogP contribution in [0.25, 0.3) is 0 Å². The largest absolute Gasteiger partial charge is 0.469 e. The standard InChI is InChI=1S/C13H13NO3/c1-17-13(16)9-7-11-5-3-2-4-10(11)6-8-12(14)15/h2-5H,7,9H2,1H3,(H2,14,15). The molecule has 88 valence electrons. The lowest BCUT2D eigenvalue weighted by Gasteiger charge is -2.03. The predicted octanol–water partition coefficient (Wildman–Crippen LogP) is 0.629. The molecule has 0 spiro atoms. The van der Waals surface area contributed by atoms with Gasteiger partial charge in [-0.1, -0.05) is 24.1 Å². The Bertz CT molecular complexity index is 483. The molecule has 1 amide bonds. The van der Waals surface area contributed by atoms with Crippen LogP contribution in [0.3, 0.4) is 0 Å². The molecule has 0 aliphatic carbocycles. The monoisotopic (exact) mass is 231 g/mol. The van der Waals surface area contributed by atoms with Crippen LogP contribution in [-0.2, 0) is 20.7 Å². The molecule has 4 heteroatoms. The van der Waals surface area contributed by atoms with E-state index in [0.717, 1.165) is 5.56 Å². The molecule has 4 nitrogen and oxygen atoms in total. The van der Waals surface area contributed by atoms with Crippen LogP contribution in [0.5, 0.6) is 0 Å². The molecule has 0 unspecified atom stereocenters. The first-order chi connectivity index (χ1) is 8.13. The summed E-state index contributed by atoms with van der Waals surface area (Å²) in [4.78, 5) is 21.6. The number of methoxy groups -OCH3 is 1. The number of nitrogens with two attached hydrogens (primary N) is 1. The van der Waals surface area contributed by atoms with Crippen molar-refractivity contribution >= 4 is 11.9 Å². The van der Waals surface area contributed by atoms with E-state index in [1.807, 2.05) is 18.2 Å². The van der Waals surface area contributed by atoms with E-state index in [2.05, 4.69) is 16.6 Å². The minimum Gasteiger partial charge on any atom is -0.469 e. The summed E-state index contributed by atoms with van der Waals surface area (Å²) in [7, 11) is 1.35. The molecule has 0 saturated heterocycles. The van der Waals surface area contributed by atoms with Gasteiger partial charge in [0.25, 0.3) is 5.91 Å². The number of amides is 1. The van der Waals surface area contributed by atoms with E-state index in [0.29, 0.717) is 12.0 Å². The second-order valence-electron chi connectivity index (χ2n) is 3.35. The maximum atomic E-state index is 11.0. The Hall–Kier alpha value is -2.28. The molecule has 1 rings (SSSR count). The van der Waals surface area contributed by atoms with Gasteiger partial charge in [-0.05, 0) is 24.0 Å². The summed E-state index contributed by atoms with van der Waals surface area (Å²) in [5.41, 5.74) is 6.55. The van der Waals surface area contributed by atoms with Crippen LogP contribution in [0, 0.1) is 11.8 Å². The molecule has 0 aliphatic heterocycles. The maximum Gasteiger partial charge on any atom is 0.305 e. The molecule has 1 aromatic carbocycles. The van der Waals surface area contributed by atoms with Crippen molar-refractivity contribution in [1.82, 2.24) is 0 Å². The molecule has 0 saturated carbocycles. The first-order valence-electron chi connectivity index (χ1n) is 5.09. The van der Waals surface area contributed by atoms with Gasteiger partial charge in [-0.15, -0.1) is 0 Å². The second kappa shape index (κ2) is 6.33. The second-order valence-corrected chi connectivity index (χ2v) is 3.35. The Morgan fingerprint density at radius 2 is 2.06 bits per heavy atom. The third-order valence-electron chi connectivity index (χ3n) is 2.16. The lowest BCUT2D eigenvalue weighted by atomic mass is 10.0. The van der Waals surface area contributed by atoms with Crippen molar-refractivity contribution in [3.05, 3.63) is 35.4 Å². The highest BCUT2D eigenvalue weighted by Crippen LogP contribution is 2.10. The molecule has 17 heavy (non-hydrogen) atoms. The van der Waals surface area contributed by atoms with Crippen molar-refractivity contribution in [2.75, 3.05) is 7.11 Å². The molecular formula is C13H13NO3. The summed E-state index contributed by atoms with van der Waals surface area (Å²) in [6, 6.07) is 7.30. The Morgan fingerprint density at radius 3 is 2.71 bits per heavy atom. The van der Waals surface area contributed by atoms with Gasteiger partial charge in [0, 0.05) is 12.0 Å². The van der Waals surface area contributed by atoms with Gasteiger partial charge in [-0.2, -0.15) is 0 Å². The average Bonchev–Trinajstić information content (AvgIpc) is 2.34. The van der Waals surface area contributed by atoms with E-state index in [1.54, 1.807) is 6.07 Å². The zero-order valence-electron chi connectivity index (χ0n) is 9.53. The smallest absolute Gasteiger partial charge is 0.305 e. The van der Waals surface area contributed by atoms with Gasteiger partial charge < -0.3 is 10.5 Å². The Labute approximate surface area is 99.8 Å². The summed E-state index contributed by atoms with van der Waals surface area (Å²) in [6.45, 7) is 0. The molecular weight excluding hydrogens is 218 g/mol. The minimum atomic E-state index is -0.673. The average molecular weight is 231 g/mol. The molecule has 0 aromatic heterocycles. The van der Waals surface area contributed by atoms with Crippen molar-refractivity contribution in [2.24, 2.45) is 5.73 Å². The fourth-order valence-electron chi connectivity index (χ4n) is 1.33. The normalized spacial score (nSPS) is 9.00. The van der Waals surface area contributed by atoms with Crippen molar-refractivity contribution < 1.29 is 14.3 Å². The topological polar surface area (TPSA) is 69.4 Å². The van der Waals surface area contributed by atoms with Gasteiger partial charge in [-0.3, -0.25) is 9.59 Å². The molecule has 0 aliphatic rings. The number of primary amides is 1. The van der Waals surface area contributed by atoms with E-state index in [1.165, 1.54) is 7.11 Å². The summed E-state index contributed by atoms with van der Waals surface area (Å²) in [6.07, 6.45) is 0.808. The molecule has 0 atom stereocenters. The molecule has 0 fully saturated rings. The van der Waals surface area contributed by atoms with E-state index >= 15 is 0 Å². The van der Waals surface area contributed by atoms with Crippen LogP contribution in [0.15, 0.2) is 24.3 Å². The van der Waals surface area contributed by atoms with Gasteiger partial charge in [0.2, 0.25) is 0 Å². The first kappa shape index (κ1) is 12.8. The highest BCUT2D eigenvalue weighted by Gasteiger charge is 2.04. The zero-order chi connectivity index (χ0) is 12.7. The lowest BCUT2D eigenvalue weighted by Crippen LogP contribution is -2.06. The molecule has 0 heterocycles. The fraction of sp³-hybridized carbons (Fsp3) is 0.231. The van der Waals surface area contributed by atoms with E-state index in [-0.39, 0.29) is 12.4 Å². The number of benzene rings is 1. The number of ether oxygens (including phenoxy) is 1. The Morgan fingerprint density at radius 1 is 1.35 bits per heavy atom. The number of esters is 1. The van der Waals surface area contributed by atoms with Gasteiger partial charge in [0.1, 0.15) is 0 Å². The molecule has 1 aromatic rings. The van der Waals surface area contributed by atoms with Crippen LogP contribution in [-0.4, -0.2) is 19.0 Å². The van der Waals surface area contributed by atoms with Crippen LogP contribution < -0.4 is 5.73 Å². The van der Waals surface area contributed by atoms with Crippen molar-refractivity contribution in [2.45, 2.75) is 12.8 Å². The summed E-state index contributed by atoms with van der Waals surface area (Å²) >= 11 is 0. The van der Waals surface area contributed by atoms with E-state index in [4.69, 9.17) is 5.73 Å². The number of carbonyl (C=O) groups is 2. The summed E-state index contributed by atoms with van der Waals surface area (Å²) in [5.74, 6) is 4.01. The van der Waals surface area contributed by atoms with Crippen LogP contribution in [0.2, 0.25) is 0 Å². The van der Waals surface area contributed by atoms with E-state index < -0.39 is 5.91 Å². The number of aryl methyl sites for hydroxylation is 1. The van der Waals surface area contributed by atoms with E-state index in [9.17, 15) is 9.59 Å². The van der Waals surface area contributed by atoms with Gasteiger partial charge in [-0.25, -0.2) is 0 Å². The highest BCUT2D eigenvalue weighted by molar-refractivity contribution is 5.92. The number of carbonyl (C=O) groups excluding carboxylic acids is 2. The van der Waals surface area contributed by atoms with Crippen LogP contribution in [0.1, 0.15) is 17.5 Å². The lowest BCUT2D eigenvalue weighted by molar-refractivity contribution is -0.140. The third kappa shape index (κ3) is 4.39. The van der Waals surface area contributed by atoms with Crippen molar-refractivity contribution in [3.8, 4) is 11.8 Å². The summed E-state index contributed by atoms with van der Waals surface area (Å²) < 4.78 is 4.56. The molecule has 2 N–H and O–H groups in total. The SMILES string of the molecule is COC(=O)CCc1ccccc1C#CC(N)=O. The van der Waals surface area contributed by atoms with Crippen molar-refractivity contribution in [1.29, 1.82) is 0 Å². The third-order valence-corrected chi connectivity index (χ3v) is 2.16. The quantitative estimate of drug-likeness (QED) is 0.612. The Kier molecular flexibility index (Phi) is 4.77. The van der Waals surface area contributed by atoms with Gasteiger partial charge >= 0.3 is 5.97 Å². The first-order valence-corrected chi connectivity index (χ1v) is 5.09. The zero-order valence-corrected chi connectivity index (χ0v) is 9.53. The fourth-order valence-corrected chi connectivity index (χ4v) is 1.33.